The molecule has 0 heterocycles. The fourth-order valence-corrected chi connectivity index (χ4v) is 5.58. The number of phenols is 1. The number of nitrogens with zero attached hydrogens (tertiary/aromatic N) is 2. The van der Waals surface area contributed by atoms with Crippen molar-refractivity contribution >= 4 is 34.5 Å². The summed E-state index contributed by atoms with van der Waals surface area (Å²) in [5.41, 5.74) is 0.578. The van der Waals surface area contributed by atoms with Crippen molar-refractivity contribution in [3.63, 3.8) is 0 Å². The number of fused-ring (bicyclic) bond motifs is 3. The first kappa shape index (κ1) is 23.4. The number of nitro groups is 1. The van der Waals surface area contributed by atoms with E-state index in [1.165, 1.54) is 19.0 Å². The van der Waals surface area contributed by atoms with Gasteiger partial charge < -0.3 is 26.2 Å². The van der Waals surface area contributed by atoms with Crippen molar-refractivity contribution in [1.82, 2.24) is 4.90 Å². The first-order valence-electron chi connectivity index (χ1n) is 10.4. The van der Waals surface area contributed by atoms with E-state index in [0.717, 1.165) is 13.0 Å². The van der Waals surface area contributed by atoms with Crippen molar-refractivity contribution < 1.29 is 39.7 Å². The quantitative estimate of drug-likeness (QED) is 0.135. The van der Waals surface area contributed by atoms with Crippen molar-refractivity contribution in [3.05, 3.63) is 44.2 Å². The van der Waals surface area contributed by atoms with Crippen molar-refractivity contribution in [2.24, 2.45) is 11.8 Å². The second-order valence-corrected chi connectivity index (χ2v) is 9.10. The number of aromatic hydroxyl groups is 1. The Hall–Kier alpha value is -3.77. The molecule has 3 aliphatic carbocycles. The number of carbonyl (C=O) groups is 3. The van der Waals surface area contributed by atoms with Gasteiger partial charge in [0.05, 0.1) is 22.2 Å². The molecule has 1 aromatic carbocycles. The predicted molar refractivity (Wildman–Crippen MR) is 117 cm³/mol. The number of anilines is 1. The molecule has 6 N–H and O–H groups in total. The van der Waals surface area contributed by atoms with Gasteiger partial charge in [-0.05, 0) is 39.8 Å². The summed E-state index contributed by atoms with van der Waals surface area (Å²) in [7, 11) is 3.02. The lowest BCUT2D eigenvalue weighted by Gasteiger charge is -2.50. The number of Topliss-reactive ketones (excluding diaryl/α,β-unsaturated/α-hetero) is 3. The lowest BCUT2D eigenvalue weighted by atomic mass is 9.57. The molecule has 0 saturated heterocycles. The lowest BCUT2D eigenvalue weighted by molar-refractivity contribution is -0.385. The van der Waals surface area contributed by atoms with Gasteiger partial charge in [-0.3, -0.25) is 29.4 Å². The van der Waals surface area contributed by atoms with E-state index in [0.29, 0.717) is 0 Å². The van der Waals surface area contributed by atoms with E-state index >= 15 is 0 Å². The molecule has 0 amide bonds. The highest BCUT2D eigenvalue weighted by atomic mass is 16.6. The number of hydrogen-bond donors (Lipinski definition) is 5. The molecule has 0 spiro atoms. The number of aliphatic hydroxyl groups is 3. The Labute approximate surface area is 192 Å². The number of nitrogens with two attached hydrogens (primary N) is 1. The Balaban J connectivity index is 2.02. The largest absolute Gasteiger partial charge is 0.508 e. The summed E-state index contributed by atoms with van der Waals surface area (Å²) in [6.45, 7) is 1.02. The highest BCUT2D eigenvalue weighted by molar-refractivity contribution is 6.25. The molecular formula is C22H23N3O9. The van der Waals surface area contributed by atoms with Gasteiger partial charge in [0.15, 0.2) is 17.2 Å². The SMILES string of the molecule is CC(=O)C1=C(O)[C@@]2(O)C(=O)C3=C(O)c4c(O)c(N)cc([N+](=O)[O-])c4CC3CC2[C@H](N(C)C)C1=O. The fourth-order valence-electron chi connectivity index (χ4n) is 5.58. The van der Waals surface area contributed by atoms with Crippen LogP contribution in [0.2, 0.25) is 0 Å². The van der Waals surface area contributed by atoms with Gasteiger partial charge in [-0.2, -0.15) is 0 Å². The lowest BCUT2D eigenvalue weighted by Crippen LogP contribution is -2.65. The summed E-state index contributed by atoms with van der Waals surface area (Å²) in [6.07, 6.45) is -0.303. The molecule has 1 aromatic rings. The van der Waals surface area contributed by atoms with Gasteiger partial charge >= 0.3 is 0 Å². The maximum atomic E-state index is 13.7. The van der Waals surface area contributed by atoms with Gasteiger partial charge in [0.1, 0.15) is 22.8 Å². The van der Waals surface area contributed by atoms with Crippen LogP contribution in [0.1, 0.15) is 24.5 Å². The van der Waals surface area contributed by atoms with E-state index in [9.17, 15) is 44.9 Å². The maximum Gasteiger partial charge on any atom is 0.275 e. The second kappa shape index (κ2) is 7.37. The van der Waals surface area contributed by atoms with E-state index in [2.05, 4.69) is 0 Å². The zero-order valence-corrected chi connectivity index (χ0v) is 18.5. The van der Waals surface area contributed by atoms with Crippen molar-refractivity contribution in [2.45, 2.75) is 31.4 Å². The van der Waals surface area contributed by atoms with Crippen LogP contribution in [0.15, 0.2) is 23.0 Å². The van der Waals surface area contributed by atoms with Gasteiger partial charge in [0, 0.05) is 23.1 Å². The monoisotopic (exact) mass is 473 g/mol. The maximum absolute atomic E-state index is 13.7. The Bertz CT molecular complexity index is 1260. The zero-order chi connectivity index (χ0) is 25.4. The second-order valence-electron chi connectivity index (χ2n) is 9.10. The smallest absolute Gasteiger partial charge is 0.275 e. The first-order chi connectivity index (χ1) is 15.7. The normalized spacial score (nSPS) is 28.6. The van der Waals surface area contributed by atoms with E-state index in [-0.39, 0.29) is 24.0 Å². The number of nitro benzene ring substituents is 1. The molecule has 2 unspecified atom stereocenters. The fraction of sp³-hybridized carbons (Fsp3) is 0.409. The van der Waals surface area contributed by atoms with Crippen LogP contribution in [-0.4, -0.2) is 73.3 Å². The average Bonchev–Trinajstić information content (AvgIpc) is 2.72. The summed E-state index contributed by atoms with van der Waals surface area (Å²) in [5.74, 6) is -7.43. The molecule has 3 aliphatic rings. The van der Waals surface area contributed by atoms with Crippen LogP contribution < -0.4 is 5.73 Å². The van der Waals surface area contributed by atoms with Gasteiger partial charge in [0.2, 0.25) is 5.78 Å². The molecule has 12 heteroatoms. The summed E-state index contributed by atoms with van der Waals surface area (Å²) >= 11 is 0. The molecule has 0 aliphatic heterocycles. The molecule has 12 nitrogen and oxygen atoms in total. The summed E-state index contributed by atoms with van der Waals surface area (Å²) in [5, 5.41) is 55.4. The molecule has 34 heavy (non-hydrogen) atoms. The number of carbonyl (C=O) groups excluding carboxylic acids is 3. The highest BCUT2D eigenvalue weighted by Gasteiger charge is 2.64. The Morgan fingerprint density at radius 2 is 1.88 bits per heavy atom. The average molecular weight is 473 g/mol. The number of hydrogen-bond acceptors (Lipinski definition) is 11. The van der Waals surface area contributed by atoms with E-state index in [1.807, 2.05) is 0 Å². The Morgan fingerprint density at radius 3 is 2.41 bits per heavy atom. The number of ketones is 3. The van der Waals surface area contributed by atoms with Gasteiger partial charge in [0.25, 0.3) is 5.69 Å². The van der Waals surface area contributed by atoms with Crippen LogP contribution >= 0.6 is 0 Å². The third kappa shape index (κ3) is 2.82. The third-order valence-electron chi connectivity index (χ3n) is 7.03. The van der Waals surface area contributed by atoms with Crippen LogP contribution in [0.25, 0.3) is 5.76 Å². The van der Waals surface area contributed by atoms with E-state index in [1.54, 1.807) is 0 Å². The third-order valence-corrected chi connectivity index (χ3v) is 7.03. The number of phenolic OH excluding ortho intramolecular Hbond substituents is 1. The van der Waals surface area contributed by atoms with Gasteiger partial charge in [-0.25, -0.2) is 0 Å². The Kier molecular flexibility index (Phi) is 5.07. The number of benzene rings is 1. The zero-order valence-electron chi connectivity index (χ0n) is 18.5. The van der Waals surface area contributed by atoms with E-state index in [4.69, 9.17) is 5.73 Å². The molecule has 4 atom stereocenters. The molecule has 0 aromatic heterocycles. The number of nitrogen functional groups attached to an aromatic ring is 1. The Morgan fingerprint density at radius 1 is 1.26 bits per heavy atom. The van der Waals surface area contributed by atoms with E-state index < -0.39 is 85.5 Å². The summed E-state index contributed by atoms with van der Waals surface area (Å²) in [4.78, 5) is 51.2. The van der Waals surface area contributed by atoms with Gasteiger partial charge in [-0.1, -0.05) is 0 Å². The van der Waals surface area contributed by atoms with Crippen molar-refractivity contribution in [3.8, 4) is 5.75 Å². The number of aliphatic hydroxyl groups excluding tert-OH is 2. The van der Waals surface area contributed by atoms with Crippen LogP contribution in [0.3, 0.4) is 0 Å². The minimum atomic E-state index is -2.71. The minimum Gasteiger partial charge on any atom is -0.508 e. The molecule has 4 rings (SSSR count). The van der Waals surface area contributed by atoms with Crippen LogP contribution in [0, 0.1) is 22.0 Å². The molecule has 1 saturated carbocycles. The first-order valence-corrected chi connectivity index (χ1v) is 10.4. The molecule has 0 radical (unpaired) electrons. The van der Waals surface area contributed by atoms with Gasteiger partial charge in [-0.15, -0.1) is 0 Å². The van der Waals surface area contributed by atoms with Crippen molar-refractivity contribution in [1.29, 1.82) is 0 Å². The number of likely N-dealkylation sites (N-methyl/N-ethyl adjacent to an activating group) is 1. The predicted octanol–water partition coefficient (Wildman–Crippen LogP) is 0.558. The van der Waals surface area contributed by atoms with Crippen LogP contribution in [0.4, 0.5) is 11.4 Å². The van der Waals surface area contributed by atoms with Crippen LogP contribution in [-0.2, 0) is 20.8 Å². The summed E-state index contributed by atoms with van der Waals surface area (Å²) in [6, 6.07) is -0.211. The molecular weight excluding hydrogens is 450 g/mol. The number of rotatable bonds is 3. The molecule has 180 valence electrons. The van der Waals surface area contributed by atoms with Crippen LogP contribution in [0.5, 0.6) is 5.75 Å². The van der Waals surface area contributed by atoms with Crippen molar-refractivity contribution in [2.75, 3.05) is 19.8 Å². The topological polar surface area (TPSA) is 205 Å². The highest BCUT2D eigenvalue weighted by Crippen LogP contribution is 2.54. The minimum absolute atomic E-state index is 0.0473. The standard InChI is InChI=1S/C22H23N3O9/c1-7(26)13-19(29)16(24(2)3)10-5-8-4-9-12(25(33)34)6-11(23)17(27)15(9)18(28)14(8)21(31)22(10,32)20(13)30/h6,8,10,16,27-28,30,32H,4-5,23H2,1-3H3/t8?,10?,16-,22+/m0/s1. The summed E-state index contributed by atoms with van der Waals surface area (Å²) < 4.78 is 0. The molecule has 1 fully saturated rings. The molecule has 0 bridgehead atoms.